The van der Waals surface area contributed by atoms with Crippen molar-refractivity contribution in [2.24, 2.45) is 5.73 Å². The number of amides is 3. The van der Waals surface area contributed by atoms with Crippen LogP contribution in [0.3, 0.4) is 0 Å². The Morgan fingerprint density at radius 3 is 2.12 bits per heavy atom. The molecule has 0 aromatic heterocycles. The molecule has 136 valence electrons. The van der Waals surface area contributed by atoms with E-state index in [1.54, 1.807) is 12.1 Å². The molecule has 0 atom stereocenters. The Labute approximate surface area is 154 Å². The van der Waals surface area contributed by atoms with Gasteiger partial charge < -0.3 is 15.2 Å². The van der Waals surface area contributed by atoms with E-state index >= 15 is 0 Å². The minimum atomic E-state index is -0.640. The third-order valence-electron chi connectivity index (χ3n) is 3.19. The molecule has 0 aliphatic carbocycles. The fourth-order valence-electron chi connectivity index (χ4n) is 1.94. The number of primary amides is 1. The number of benzene rings is 2. The van der Waals surface area contributed by atoms with Crippen molar-refractivity contribution in [3.05, 3.63) is 58.6 Å². The molecule has 0 radical (unpaired) electrons. The van der Waals surface area contributed by atoms with Crippen LogP contribution in [-0.4, -0.2) is 31.4 Å². The Bertz CT molecular complexity index is 824. The maximum atomic E-state index is 12.2. The van der Waals surface area contributed by atoms with Crippen LogP contribution in [0.5, 0.6) is 11.5 Å². The van der Waals surface area contributed by atoms with Crippen molar-refractivity contribution in [3.63, 3.8) is 0 Å². The maximum absolute atomic E-state index is 12.2. The number of halogens is 1. The van der Waals surface area contributed by atoms with Crippen LogP contribution in [0, 0.1) is 0 Å². The third-order valence-corrected chi connectivity index (χ3v) is 3.44. The van der Waals surface area contributed by atoms with E-state index in [1.807, 2.05) is 0 Å². The number of hydrogen-bond acceptors (Lipinski definition) is 5. The summed E-state index contributed by atoms with van der Waals surface area (Å²) in [4.78, 5) is 34.9. The van der Waals surface area contributed by atoms with Gasteiger partial charge in [0.15, 0.2) is 18.1 Å². The van der Waals surface area contributed by atoms with Crippen LogP contribution in [0.15, 0.2) is 42.5 Å². The molecule has 2 aromatic carbocycles. The Morgan fingerprint density at radius 1 is 0.962 bits per heavy atom. The highest BCUT2D eigenvalue weighted by atomic mass is 35.5. The van der Waals surface area contributed by atoms with Gasteiger partial charge in [-0.2, -0.15) is 0 Å². The molecule has 3 amide bonds. The summed E-state index contributed by atoms with van der Waals surface area (Å²) in [5, 5.41) is 0.497. The number of hydrogen-bond donors (Lipinski definition) is 3. The number of ether oxygens (including phenoxy) is 2. The van der Waals surface area contributed by atoms with Crippen LogP contribution in [0.2, 0.25) is 5.02 Å². The lowest BCUT2D eigenvalue weighted by atomic mass is 10.2. The second-order valence-electron chi connectivity index (χ2n) is 5.04. The highest BCUT2D eigenvalue weighted by molar-refractivity contribution is 6.30. The van der Waals surface area contributed by atoms with Crippen molar-refractivity contribution in [1.82, 2.24) is 10.9 Å². The zero-order chi connectivity index (χ0) is 19.1. The number of methoxy groups -OCH3 is 1. The van der Waals surface area contributed by atoms with Crippen LogP contribution in [0.25, 0.3) is 0 Å². The predicted octanol–water partition coefficient (Wildman–Crippen LogP) is 1.29. The molecule has 9 heteroatoms. The summed E-state index contributed by atoms with van der Waals surface area (Å²) in [6, 6.07) is 10.5. The molecule has 2 aromatic rings. The molecule has 0 bridgehead atoms. The first-order chi connectivity index (χ1) is 12.4. The Kier molecular flexibility index (Phi) is 6.40. The first-order valence-corrected chi connectivity index (χ1v) is 7.74. The molecule has 8 nitrogen and oxygen atoms in total. The van der Waals surface area contributed by atoms with E-state index in [1.165, 1.54) is 37.4 Å². The van der Waals surface area contributed by atoms with Crippen molar-refractivity contribution in [3.8, 4) is 11.5 Å². The average Bonchev–Trinajstić information content (AvgIpc) is 2.64. The molecule has 0 aliphatic heterocycles. The summed E-state index contributed by atoms with van der Waals surface area (Å²) in [5.74, 6) is -1.20. The molecule has 0 spiro atoms. The average molecular weight is 378 g/mol. The monoisotopic (exact) mass is 377 g/mol. The van der Waals surface area contributed by atoms with Gasteiger partial charge in [0.2, 0.25) is 0 Å². The zero-order valence-electron chi connectivity index (χ0n) is 13.7. The standard InChI is InChI=1S/C17H16ClN3O5/c1-25-14-8-11(4-7-13(14)26-9-15(19)22)17(24)21-20-16(23)10-2-5-12(18)6-3-10/h2-8H,9H2,1H3,(H2,19,22)(H,20,23)(H,21,24). The molecular weight excluding hydrogens is 362 g/mol. The molecule has 0 saturated heterocycles. The van der Waals surface area contributed by atoms with Crippen molar-refractivity contribution >= 4 is 29.3 Å². The van der Waals surface area contributed by atoms with E-state index in [2.05, 4.69) is 10.9 Å². The van der Waals surface area contributed by atoms with Crippen molar-refractivity contribution in [2.75, 3.05) is 13.7 Å². The number of carbonyl (C=O) groups is 3. The zero-order valence-corrected chi connectivity index (χ0v) is 14.5. The quantitative estimate of drug-likeness (QED) is 0.655. The number of rotatable bonds is 6. The van der Waals surface area contributed by atoms with Crippen LogP contribution in [0.4, 0.5) is 0 Å². The molecule has 26 heavy (non-hydrogen) atoms. The highest BCUT2D eigenvalue weighted by Gasteiger charge is 2.13. The lowest BCUT2D eigenvalue weighted by Gasteiger charge is -2.12. The van der Waals surface area contributed by atoms with Gasteiger partial charge in [0.05, 0.1) is 7.11 Å². The summed E-state index contributed by atoms with van der Waals surface area (Å²) in [7, 11) is 1.39. The number of hydrazine groups is 1. The van der Waals surface area contributed by atoms with Gasteiger partial charge in [-0.05, 0) is 42.5 Å². The molecule has 0 saturated carbocycles. The van der Waals surface area contributed by atoms with Crippen LogP contribution >= 0.6 is 11.6 Å². The second-order valence-corrected chi connectivity index (χ2v) is 5.47. The molecule has 2 rings (SSSR count). The molecule has 0 unspecified atom stereocenters. The van der Waals surface area contributed by atoms with Gasteiger partial charge in [-0.1, -0.05) is 11.6 Å². The van der Waals surface area contributed by atoms with Crippen LogP contribution in [-0.2, 0) is 4.79 Å². The minimum Gasteiger partial charge on any atom is -0.493 e. The van der Waals surface area contributed by atoms with E-state index in [0.717, 1.165) is 0 Å². The van der Waals surface area contributed by atoms with Gasteiger partial charge in [-0.15, -0.1) is 0 Å². The maximum Gasteiger partial charge on any atom is 0.269 e. The summed E-state index contributed by atoms with van der Waals surface area (Å²) < 4.78 is 10.3. The lowest BCUT2D eigenvalue weighted by molar-refractivity contribution is -0.119. The van der Waals surface area contributed by atoms with Gasteiger partial charge in [0.1, 0.15) is 0 Å². The van der Waals surface area contributed by atoms with E-state index in [0.29, 0.717) is 10.6 Å². The molecule has 0 fully saturated rings. The van der Waals surface area contributed by atoms with Crippen LogP contribution in [0.1, 0.15) is 20.7 Å². The third kappa shape index (κ3) is 5.12. The Morgan fingerprint density at radius 2 is 1.54 bits per heavy atom. The van der Waals surface area contributed by atoms with E-state index in [-0.39, 0.29) is 23.7 Å². The smallest absolute Gasteiger partial charge is 0.269 e. The van der Waals surface area contributed by atoms with Crippen molar-refractivity contribution in [2.45, 2.75) is 0 Å². The Balaban J connectivity index is 2.01. The molecular formula is C17H16ClN3O5. The topological polar surface area (TPSA) is 120 Å². The molecule has 0 aliphatic rings. The largest absolute Gasteiger partial charge is 0.493 e. The van der Waals surface area contributed by atoms with E-state index in [4.69, 9.17) is 26.8 Å². The fraction of sp³-hybridized carbons (Fsp3) is 0.118. The first-order valence-electron chi connectivity index (χ1n) is 7.36. The SMILES string of the molecule is COc1cc(C(=O)NNC(=O)c2ccc(Cl)cc2)ccc1OCC(N)=O. The van der Waals surface area contributed by atoms with Gasteiger partial charge in [0.25, 0.3) is 17.7 Å². The number of nitrogens with one attached hydrogen (secondary N) is 2. The summed E-state index contributed by atoms with van der Waals surface area (Å²) in [6.07, 6.45) is 0. The van der Waals surface area contributed by atoms with E-state index < -0.39 is 17.7 Å². The second kappa shape index (κ2) is 8.72. The summed E-state index contributed by atoms with van der Waals surface area (Å²) in [6.45, 7) is -0.320. The predicted molar refractivity (Wildman–Crippen MR) is 94.1 cm³/mol. The van der Waals surface area contributed by atoms with Crippen molar-refractivity contribution in [1.29, 1.82) is 0 Å². The van der Waals surface area contributed by atoms with Gasteiger partial charge in [0, 0.05) is 16.1 Å². The number of nitrogens with two attached hydrogens (primary N) is 1. The minimum absolute atomic E-state index is 0.213. The van der Waals surface area contributed by atoms with Gasteiger partial charge in [-0.3, -0.25) is 25.2 Å². The highest BCUT2D eigenvalue weighted by Crippen LogP contribution is 2.27. The van der Waals surface area contributed by atoms with Crippen LogP contribution < -0.4 is 26.1 Å². The van der Waals surface area contributed by atoms with E-state index in [9.17, 15) is 14.4 Å². The number of carbonyl (C=O) groups excluding carboxylic acids is 3. The fourth-order valence-corrected chi connectivity index (χ4v) is 2.06. The van der Waals surface area contributed by atoms with Crippen molar-refractivity contribution < 1.29 is 23.9 Å². The van der Waals surface area contributed by atoms with Gasteiger partial charge in [-0.25, -0.2) is 0 Å². The molecule has 0 heterocycles. The normalized spacial score (nSPS) is 9.92. The first kappa shape index (κ1) is 19.1. The summed E-state index contributed by atoms with van der Waals surface area (Å²) >= 11 is 5.76. The molecule has 4 N–H and O–H groups in total. The summed E-state index contributed by atoms with van der Waals surface area (Å²) in [5.41, 5.74) is 10.2. The lowest BCUT2D eigenvalue weighted by Crippen LogP contribution is -2.41. The van der Waals surface area contributed by atoms with Gasteiger partial charge >= 0.3 is 0 Å². The Hall–Kier alpha value is -3.26.